The van der Waals surface area contributed by atoms with E-state index in [1.807, 2.05) is 0 Å². The number of hydrogen-bond donors (Lipinski definition) is 1. The van der Waals surface area contributed by atoms with Crippen molar-refractivity contribution in [3.05, 3.63) is 0 Å². The molecule has 1 aliphatic rings. The minimum atomic E-state index is -0.684. The molecule has 4 atom stereocenters. The first kappa shape index (κ1) is 12.2. The molecule has 2 N–H and O–H groups in total. The van der Waals surface area contributed by atoms with Crippen LogP contribution in [0.1, 0.15) is 46.0 Å². The van der Waals surface area contributed by atoms with Gasteiger partial charge in [0.1, 0.15) is 0 Å². The lowest BCUT2D eigenvalue weighted by Crippen LogP contribution is -2.43. The summed E-state index contributed by atoms with van der Waals surface area (Å²) in [5.41, 5.74) is 6.03. The van der Waals surface area contributed by atoms with Gasteiger partial charge in [-0.25, -0.2) is 0 Å². The van der Waals surface area contributed by atoms with Crippen LogP contribution in [0.4, 0.5) is 0 Å². The lowest BCUT2D eigenvalue weighted by molar-refractivity contribution is 0.324. The molecule has 84 valence electrons. The maximum absolute atomic E-state index is 11.9. The van der Waals surface area contributed by atoms with Gasteiger partial charge in [-0.15, -0.1) is 0 Å². The van der Waals surface area contributed by atoms with Crippen LogP contribution in [0.2, 0.25) is 0 Å². The summed E-state index contributed by atoms with van der Waals surface area (Å²) in [6.45, 7) is 4.31. The molecule has 1 saturated carbocycles. The van der Waals surface area contributed by atoms with Crippen molar-refractivity contribution in [1.29, 1.82) is 0 Å². The summed E-state index contributed by atoms with van der Waals surface area (Å²) in [4.78, 5) is 0. The summed E-state index contributed by atoms with van der Waals surface area (Å²) < 4.78 is 11.9. The Morgan fingerprint density at radius 1 is 1.36 bits per heavy atom. The van der Waals surface area contributed by atoms with Crippen LogP contribution in [0.15, 0.2) is 0 Å². The molecule has 3 heteroatoms. The largest absolute Gasteiger partial charge is 0.327 e. The highest BCUT2D eigenvalue weighted by Gasteiger charge is 2.30. The Bertz CT molecular complexity index is 196. The second kappa shape index (κ2) is 5.86. The fourth-order valence-corrected chi connectivity index (χ4v) is 3.98. The normalized spacial score (nSPS) is 35.5. The minimum absolute atomic E-state index is 0.185. The molecule has 0 aromatic carbocycles. The summed E-state index contributed by atoms with van der Waals surface area (Å²) >= 11 is 0. The highest BCUT2D eigenvalue weighted by atomic mass is 32.2. The molecular formula is C11H23NOS. The SMILES string of the molecule is CCCS(=O)C1CC(CC)CCC1N. The number of hydrogen-bond acceptors (Lipinski definition) is 2. The molecule has 14 heavy (non-hydrogen) atoms. The summed E-state index contributed by atoms with van der Waals surface area (Å²) in [7, 11) is -0.684. The van der Waals surface area contributed by atoms with Gasteiger partial charge in [-0.1, -0.05) is 20.3 Å². The molecule has 0 aromatic rings. The molecule has 1 rings (SSSR count). The lowest BCUT2D eigenvalue weighted by Gasteiger charge is -2.33. The predicted molar refractivity (Wildman–Crippen MR) is 62.7 cm³/mol. The van der Waals surface area contributed by atoms with Crippen molar-refractivity contribution in [3.63, 3.8) is 0 Å². The van der Waals surface area contributed by atoms with Crippen molar-refractivity contribution in [2.24, 2.45) is 11.7 Å². The molecule has 0 spiro atoms. The van der Waals surface area contributed by atoms with Crippen LogP contribution >= 0.6 is 0 Å². The predicted octanol–water partition coefficient (Wildman–Crippen LogP) is 2.05. The maximum atomic E-state index is 11.9. The fourth-order valence-electron chi connectivity index (χ4n) is 2.26. The molecular weight excluding hydrogens is 194 g/mol. The molecule has 1 fully saturated rings. The van der Waals surface area contributed by atoms with E-state index in [9.17, 15) is 4.21 Å². The molecule has 0 aromatic heterocycles. The Morgan fingerprint density at radius 3 is 2.64 bits per heavy atom. The van der Waals surface area contributed by atoms with Gasteiger partial charge < -0.3 is 5.73 Å². The monoisotopic (exact) mass is 217 g/mol. The van der Waals surface area contributed by atoms with Crippen molar-refractivity contribution >= 4 is 10.8 Å². The molecule has 4 unspecified atom stereocenters. The van der Waals surface area contributed by atoms with E-state index in [0.29, 0.717) is 0 Å². The van der Waals surface area contributed by atoms with Crippen molar-refractivity contribution in [2.45, 2.75) is 57.2 Å². The smallest absolute Gasteiger partial charge is 0.0501 e. The quantitative estimate of drug-likeness (QED) is 0.783. The van der Waals surface area contributed by atoms with Crippen molar-refractivity contribution in [2.75, 3.05) is 5.75 Å². The van der Waals surface area contributed by atoms with E-state index < -0.39 is 10.8 Å². The molecule has 0 bridgehead atoms. The molecule has 0 amide bonds. The van der Waals surface area contributed by atoms with Gasteiger partial charge in [-0.2, -0.15) is 0 Å². The molecule has 0 radical (unpaired) electrons. The summed E-state index contributed by atoms with van der Waals surface area (Å²) in [6.07, 6.45) is 5.61. The maximum Gasteiger partial charge on any atom is 0.0501 e. The van der Waals surface area contributed by atoms with E-state index in [4.69, 9.17) is 5.73 Å². The number of rotatable bonds is 4. The third kappa shape index (κ3) is 3.06. The first-order chi connectivity index (χ1) is 6.69. The summed E-state index contributed by atoms with van der Waals surface area (Å²) in [6, 6.07) is 0.185. The second-order valence-corrected chi connectivity index (χ2v) is 6.15. The van der Waals surface area contributed by atoms with E-state index in [1.165, 1.54) is 12.8 Å². The number of nitrogens with two attached hydrogens (primary N) is 1. The third-order valence-electron chi connectivity index (χ3n) is 3.27. The van der Waals surface area contributed by atoms with Crippen LogP contribution in [-0.4, -0.2) is 21.3 Å². The van der Waals surface area contributed by atoms with Gasteiger partial charge in [0.05, 0.1) is 5.25 Å². The van der Waals surface area contributed by atoms with Gasteiger partial charge in [0.25, 0.3) is 0 Å². The van der Waals surface area contributed by atoms with E-state index in [-0.39, 0.29) is 11.3 Å². The first-order valence-corrected chi connectivity index (χ1v) is 7.20. The van der Waals surface area contributed by atoms with Gasteiger partial charge >= 0.3 is 0 Å². The lowest BCUT2D eigenvalue weighted by atomic mass is 9.84. The van der Waals surface area contributed by atoms with Crippen LogP contribution in [0.5, 0.6) is 0 Å². The van der Waals surface area contributed by atoms with Gasteiger partial charge in [0, 0.05) is 22.6 Å². The molecule has 0 saturated heterocycles. The third-order valence-corrected chi connectivity index (χ3v) is 5.30. The van der Waals surface area contributed by atoms with Crippen molar-refractivity contribution < 1.29 is 4.21 Å². The zero-order valence-corrected chi connectivity index (χ0v) is 10.2. The van der Waals surface area contributed by atoms with E-state index in [2.05, 4.69) is 13.8 Å². The van der Waals surface area contributed by atoms with Gasteiger partial charge in [-0.3, -0.25) is 4.21 Å². The highest BCUT2D eigenvalue weighted by Crippen LogP contribution is 2.29. The molecule has 1 aliphatic carbocycles. The Kier molecular flexibility index (Phi) is 5.10. The standard InChI is InChI=1S/C11H23NOS/c1-3-7-14(13)11-8-9(4-2)5-6-10(11)12/h9-11H,3-8,12H2,1-2H3. The Morgan fingerprint density at radius 2 is 2.07 bits per heavy atom. The van der Waals surface area contributed by atoms with E-state index in [0.717, 1.165) is 30.9 Å². The van der Waals surface area contributed by atoms with Gasteiger partial charge in [0.15, 0.2) is 0 Å². The van der Waals surface area contributed by atoms with Crippen molar-refractivity contribution in [3.8, 4) is 0 Å². The van der Waals surface area contributed by atoms with E-state index in [1.54, 1.807) is 0 Å². The van der Waals surface area contributed by atoms with Crippen LogP contribution in [0, 0.1) is 5.92 Å². The fraction of sp³-hybridized carbons (Fsp3) is 1.00. The van der Waals surface area contributed by atoms with Gasteiger partial charge in [-0.05, 0) is 31.6 Å². The van der Waals surface area contributed by atoms with Crippen molar-refractivity contribution in [1.82, 2.24) is 0 Å². The topological polar surface area (TPSA) is 43.1 Å². The zero-order valence-electron chi connectivity index (χ0n) is 9.37. The minimum Gasteiger partial charge on any atom is -0.327 e. The average molecular weight is 217 g/mol. The zero-order chi connectivity index (χ0) is 10.6. The van der Waals surface area contributed by atoms with Crippen LogP contribution in [0.3, 0.4) is 0 Å². The molecule has 0 aliphatic heterocycles. The first-order valence-electron chi connectivity index (χ1n) is 5.81. The van der Waals surface area contributed by atoms with Crippen LogP contribution in [-0.2, 0) is 10.8 Å². The van der Waals surface area contributed by atoms with Gasteiger partial charge in [0.2, 0.25) is 0 Å². The second-order valence-electron chi connectivity index (χ2n) is 4.37. The molecule has 2 nitrogen and oxygen atoms in total. The van der Waals surface area contributed by atoms with E-state index >= 15 is 0 Å². The summed E-state index contributed by atoms with van der Waals surface area (Å²) in [5.74, 6) is 1.59. The Labute approximate surface area is 90.1 Å². The Balaban J connectivity index is 2.51. The molecule has 0 heterocycles. The summed E-state index contributed by atoms with van der Waals surface area (Å²) in [5, 5.41) is 0.272. The van der Waals surface area contributed by atoms with Crippen LogP contribution < -0.4 is 5.73 Å². The Hall–Kier alpha value is 0.110. The average Bonchev–Trinajstić information content (AvgIpc) is 2.19. The van der Waals surface area contributed by atoms with Crippen LogP contribution in [0.25, 0.3) is 0 Å². The highest BCUT2D eigenvalue weighted by molar-refractivity contribution is 7.85.